The maximum absolute atomic E-state index is 12.2. The van der Waals surface area contributed by atoms with Gasteiger partial charge in [0.1, 0.15) is 6.54 Å². The molecule has 0 aromatic carbocycles. The van der Waals surface area contributed by atoms with E-state index in [1.165, 1.54) is 0 Å². The molecule has 1 N–H and O–H groups in total. The average Bonchev–Trinajstić information content (AvgIpc) is 2.65. The van der Waals surface area contributed by atoms with Gasteiger partial charge in [0.05, 0.1) is 6.61 Å². The highest BCUT2D eigenvalue weighted by atomic mass is 16.5. The zero-order valence-electron chi connectivity index (χ0n) is 15.1. The van der Waals surface area contributed by atoms with Crippen LogP contribution in [0.2, 0.25) is 0 Å². The monoisotopic (exact) mass is 348 g/mol. The molecular formula is C18H28N4O3. The number of pyridine rings is 1. The van der Waals surface area contributed by atoms with E-state index in [0.717, 1.165) is 38.0 Å². The third-order valence-electron chi connectivity index (χ3n) is 4.44. The van der Waals surface area contributed by atoms with Crippen molar-refractivity contribution in [3.8, 4) is 0 Å². The van der Waals surface area contributed by atoms with Crippen molar-refractivity contribution in [2.45, 2.75) is 32.2 Å². The van der Waals surface area contributed by atoms with Gasteiger partial charge in [0, 0.05) is 44.0 Å². The number of nitrogens with zero attached hydrogens (tertiary/aromatic N) is 3. The summed E-state index contributed by atoms with van der Waals surface area (Å²) in [5.74, 6) is -0.406. The number of amides is 2. The lowest BCUT2D eigenvalue weighted by molar-refractivity contribution is -0.141. The molecule has 2 rings (SSSR count). The molecule has 1 aromatic heterocycles. The standard InChI is InChI=1S/C18H28N4O3/c1-3-25-17(23)13-20-18(24)22-11-6-8-16(14-22)21(2)12-9-15-7-4-5-10-19-15/h4-5,7,10,16H,3,6,8-9,11-14H2,1-2H3,(H,20,24)/t16-/m1/s1. The number of hydrogen-bond acceptors (Lipinski definition) is 5. The Hall–Kier alpha value is -2.15. The van der Waals surface area contributed by atoms with Crippen LogP contribution >= 0.6 is 0 Å². The van der Waals surface area contributed by atoms with Gasteiger partial charge in [-0.2, -0.15) is 0 Å². The molecule has 0 saturated carbocycles. The molecule has 25 heavy (non-hydrogen) atoms. The molecule has 1 aliphatic rings. The first kappa shape index (κ1) is 19.2. The first-order chi connectivity index (χ1) is 12.1. The third-order valence-corrected chi connectivity index (χ3v) is 4.44. The van der Waals surface area contributed by atoms with Crippen molar-refractivity contribution in [1.29, 1.82) is 0 Å². The van der Waals surface area contributed by atoms with E-state index < -0.39 is 5.97 Å². The molecule has 0 aliphatic carbocycles. The molecular weight excluding hydrogens is 320 g/mol. The molecule has 2 amide bonds. The first-order valence-corrected chi connectivity index (χ1v) is 8.88. The predicted molar refractivity (Wildman–Crippen MR) is 95.2 cm³/mol. The summed E-state index contributed by atoms with van der Waals surface area (Å²) in [6.07, 6.45) is 4.74. The van der Waals surface area contributed by atoms with E-state index in [9.17, 15) is 9.59 Å². The Morgan fingerprint density at radius 1 is 1.44 bits per heavy atom. The molecule has 1 saturated heterocycles. The van der Waals surface area contributed by atoms with E-state index in [2.05, 4.69) is 22.2 Å². The van der Waals surface area contributed by atoms with Crippen molar-refractivity contribution in [2.75, 3.05) is 39.8 Å². The smallest absolute Gasteiger partial charge is 0.325 e. The Labute approximate surface area is 149 Å². The molecule has 7 heteroatoms. The van der Waals surface area contributed by atoms with Crippen LogP contribution in [0.1, 0.15) is 25.5 Å². The second-order valence-electron chi connectivity index (χ2n) is 6.26. The number of rotatable bonds is 7. The Morgan fingerprint density at radius 3 is 3.00 bits per heavy atom. The fourth-order valence-corrected chi connectivity index (χ4v) is 2.99. The van der Waals surface area contributed by atoms with E-state index >= 15 is 0 Å². The summed E-state index contributed by atoms with van der Waals surface area (Å²) in [7, 11) is 2.09. The fraction of sp³-hybridized carbons (Fsp3) is 0.611. The second kappa shape index (κ2) is 9.98. The fourth-order valence-electron chi connectivity index (χ4n) is 2.99. The van der Waals surface area contributed by atoms with Crippen LogP contribution in [0.25, 0.3) is 0 Å². The van der Waals surface area contributed by atoms with Crippen LogP contribution in [-0.4, -0.2) is 72.7 Å². The van der Waals surface area contributed by atoms with Crippen LogP contribution in [-0.2, 0) is 16.0 Å². The summed E-state index contributed by atoms with van der Waals surface area (Å²) < 4.78 is 4.83. The van der Waals surface area contributed by atoms with Crippen molar-refractivity contribution < 1.29 is 14.3 Å². The van der Waals surface area contributed by atoms with Crippen molar-refractivity contribution in [2.24, 2.45) is 0 Å². The third kappa shape index (κ3) is 6.34. The van der Waals surface area contributed by atoms with Crippen LogP contribution in [0.4, 0.5) is 4.79 Å². The topological polar surface area (TPSA) is 74.8 Å². The van der Waals surface area contributed by atoms with Crippen molar-refractivity contribution in [1.82, 2.24) is 20.1 Å². The van der Waals surface area contributed by atoms with E-state index in [-0.39, 0.29) is 12.6 Å². The number of esters is 1. The largest absolute Gasteiger partial charge is 0.465 e. The maximum atomic E-state index is 12.2. The number of piperidine rings is 1. The molecule has 0 spiro atoms. The highest BCUT2D eigenvalue weighted by Crippen LogP contribution is 2.15. The Morgan fingerprint density at radius 2 is 2.28 bits per heavy atom. The van der Waals surface area contributed by atoms with Gasteiger partial charge in [-0.15, -0.1) is 0 Å². The van der Waals surface area contributed by atoms with Gasteiger partial charge in [-0.25, -0.2) is 4.79 Å². The summed E-state index contributed by atoms with van der Waals surface area (Å²) in [6.45, 7) is 4.28. The molecule has 1 atom stereocenters. The first-order valence-electron chi connectivity index (χ1n) is 8.88. The number of nitrogens with one attached hydrogen (secondary N) is 1. The summed E-state index contributed by atoms with van der Waals surface area (Å²) >= 11 is 0. The summed E-state index contributed by atoms with van der Waals surface area (Å²) in [5, 5.41) is 2.64. The maximum Gasteiger partial charge on any atom is 0.325 e. The lowest BCUT2D eigenvalue weighted by atomic mass is 10.0. The minimum Gasteiger partial charge on any atom is -0.465 e. The highest BCUT2D eigenvalue weighted by molar-refractivity contribution is 5.80. The predicted octanol–water partition coefficient (Wildman–Crippen LogP) is 1.29. The SMILES string of the molecule is CCOC(=O)CNC(=O)N1CCC[C@@H](N(C)CCc2ccccn2)C1. The van der Waals surface area contributed by atoms with Crippen LogP contribution < -0.4 is 5.32 Å². The Kier molecular flexibility index (Phi) is 7.66. The van der Waals surface area contributed by atoms with Crippen LogP contribution in [0.5, 0.6) is 0 Å². The molecule has 1 aromatic rings. The minimum absolute atomic E-state index is 0.0800. The van der Waals surface area contributed by atoms with Crippen LogP contribution in [0, 0.1) is 0 Å². The molecule has 0 radical (unpaired) electrons. The van der Waals surface area contributed by atoms with Crippen molar-refractivity contribution in [3.05, 3.63) is 30.1 Å². The Bertz CT molecular complexity index is 553. The highest BCUT2D eigenvalue weighted by Gasteiger charge is 2.26. The number of ether oxygens (including phenoxy) is 1. The molecule has 138 valence electrons. The molecule has 2 heterocycles. The normalized spacial score (nSPS) is 17.4. The molecule has 0 bridgehead atoms. The number of carbonyl (C=O) groups excluding carboxylic acids is 2. The molecule has 0 unspecified atom stereocenters. The lowest BCUT2D eigenvalue weighted by Crippen LogP contribution is -2.52. The van der Waals surface area contributed by atoms with Gasteiger partial charge in [-0.1, -0.05) is 6.07 Å². The zero-order valence-corrected chi connectivity index (χ0v) is 15.1. The van der Waals surface area contributed by atoms with Gasteiger partial charge in [0.15, 0.2) is 0 Å². The molecule has 1 fully saturated rings. The number of urea groups is 1. The minimum atomic E-state index is -0.406. The van der Waals surface area contributed by atoms with Gasteiger partial charge in [-0.05, 0) is 38.9 Å². The average molecular weight is 348 g/mol. The van der Waals surface area contributed by atoms with Gasteiger partial charge < -0.3 is 19.9 Å². The van der Waals surface area contributed by atoms with Gasteiger partial charge in [-0.3, -0.25) is 9.78 Å². The zero-order chi connectivity index (χ0) is 18.1. The van der Waals surface area contributed by atoms with Gasteiger partial charge in [0.2, 0.25) is 0 Å². The van der Waals surface area contributed by atoms with E-state index in [0.29, 0.717) is 19.2 Å². The summed E-state index contributed by atoms with van der Waals surface area (Å²) in [5.41, 5.74) is 1.08. The van der Waals surface area contributed by atoms with Crippen molar-refractivity contribution in [3.63, 3.8) is 0 Å². The second-order valence-corrected chi connectivity index (χ2v) is 6.26. The number of aromatic nitrogens is 1. The van der Waals surface area contributed by atoms with Gasteiger partial charge >= 0.3 is 12.0 Å². The van der Waals surface area contributed by atoms with Crippen LogP contribution in [0.15, 0.2) is 24.4 Å². The molecule has 1 aliphatic heterocycles. The Balaban J connectivity index is 1.77. The van der Waals surface area contributed by atoms with Crippen LogP contribution in [0.3, 0.4) is 0 Å². The van der Waals surface area contributed by atoms with Crippen molar-refractivity contribution >= 4 is 12.0 Å². The summed E-state index contributed by atoms with van der Waals surface area (Å²) in [4.78, 5) is 32.0. The van der Waals surface area contributed by atoms with Gasteiger partial charge in [0.25, 0.3) is 0 Å². The number of hydrogen-bond donors (Lipinski definition) is 1. The van der Waals surface area contributed by atoms with E-state index in [4.69, 9.17) is 4.74 Å². The number of likely N-dealkylation sites (tertiary alicyclic amines) is 1. The molecule has 7 nitrogen and oxygen atoms in total. The van der Waals surface area contributed by atoms with E-state index in [1.807, 2.05) is 24.4 Å². The number of likely N-dealkylation sites (N-methyl/N-ethyl adjacent to an activating group) is 1. The van der Waals surface area contributed by atoms with E-state index in [1.54, 1.807) is 11.8 Å². The number of carbonyl (C=O) groups is 2. The summed E-state index contributed by atoms with van der Waals surface area (Å²) in [6, 6.07) is 6.07. The quantitative estimate of drug-likeness (QED) is 0.752. The lowest BCUT2D eigenvalue weighted by Gasteiger charge is -2.37.